The SMILES string of the molecule is CC(N)Cc1cccc2cc(O)c(O)cc12. The van der Waals surface area contributed by atoms with Gasteiger partial charge in [-0.25, -0.2) is 0 Å². The van der Waals surface area contributed by atoms with Crippen LogP contribution in [0.15, 0.2) is 30.3 Å². The minimum absolute atomic E-state index is 0.0709. The third-order valence-electron chi connectivity index (χ3n) is 2.61. The van der Waals surface area contributed by atoms with Crippen LogP contribution >= 0.6 is 0 Å². The molecule has 0 amide bonds. The van der Waals surface area contributed by atoms with E-state index in [-0.39, 0.29) is 17.5 Å². The van der Waals surface area contributed by atoms with E-state index < -0.39 is 0 Å². The zero-order chi connectivity index (χ0) is 11.7. The molecule has 0 heterocycles. The molecule has 4 N–H and O–H groups in total. The van der Waals surface area contributed by atoms with Crippen molar-refractivity contribution < 1.29 is 10.2 Å². The molecule has 0 saturated heterocycles. The summed E-state index contributed by atoms with van der Waals surface area (Å²) in [6.45, 7) is 1.94. The van der Waals surface area contributed by atoms with Gasteiger partial charge in [0, 0.05) is 6.04 Å². The molecule has 0 aliphatic heterocycles. The second-order valence-electron chi connectivity index (χ2n) is 4.16. The summed E-state index contributed by atoms with van der Waals surface area (Å²) in [5, 5.41) is 20.8. The predicted molar refractivity (Wildman–Crippen MR) is 64.6 cm³/mol. The summed E-state index contributed by atoms with van der Waals surface area (Å²) in [4.78, 5) is 0. The number of rotatable bonds is 2. The molecule has 0 fully saturated rings. The van der Waals surface area contributed by atoms with Crippen molar-refractivity contribution in [3.63, 3.8) is 0 Å². The molecule has 1 atom stereocenters. The van der Waals surface area contributed by atoms with Crippen molar-refractivity contribution in [2.75, 3.05) is 0 Å². The van der Waals surface area contributed by atoms with Gasteiger partial charge in [-0.15, -0.1) is 0 Å². The minimum Gasteiger partial charge on any atom is -0.504 e. The lowest BCUT2D eigenvalue weighted by atomic mass is 9.99. The molecule has 1 unspecified atom stereocenters. The molecular weight excluding hydrogens is 202 g/mol. The van der Waals surface area contributed by atoms with Crippen LogP contribution in [0.1, 0.15) is 12.5 Å². The average Bonchev–Trinajstić information content (AvgIpc) is 2.20. The summed E-state index contributed by atoms with van der Waals surface area (Å²) in [7, 11) is 0. The van der Waals surface area contributed by atoms with E-state index in [9.17, 15) is 10.2 Å². The van der Waals surface area contributed by atoms with Crippen LogP contribution in [0.3, 0.4) is 0 Å². The van der Waals surface area contributed by atoms with Crippen molar-refractivity contribution in [3.05, 3.63) is 35.9 Å². The van der Waals surface area contributed by atoms with E-state index in [1.807, 2.05) is 25.1 Å². The van der Waals surface area contributed by atoms with Gasteiger partial charge in [-0.3, -0.25) is 0 Å². The van der Waals surface area contributed by atoms with E-state index in [4.69, 9.17) is 5.73 Å². The lowest BCUT2D eigenvalue weighted by Crippen LogP contribution is -2.17. The molecule has 0 saturated carbocycles. The van der Waals surface area contributed by atoms with Crippen LogP contribution in [-0.2, 0) is 6.42 Å². The Bertz CT molecular complexity index is 521. The van der Waals surface area contributed by atoms with Crippen LogP contribution in [0.2, 0.25) is 0 Å². The van der Waals surface area contributed by atoms with Gasteiger partial charge in [0.25, 0.3) is 0 Å². The fourth-order valence-corrected chi connectivity index (χ4v) is 1.89. The Labute approximate surface area is 94.1 Å². The Morgan fingerprint density at radius 3 is 2.56 bits per heavy atom. The van der Waals surface area contributed by atoms with E-state index in [2.05, 4.69) is 0 Å². The molecular formula is C13H15NO2. The van der Waals surface area contributed by atoms with Crippen molar-refractivity contribution in [3.8, 4) is 11.5 Å². The van der Waals surface area contributed by atoms with Crippen LogP contribution < -0.4 is 5.73 Å². The fraction of sp³-hybridized carbons (Fsp3) is 0.231. The summed E-state index contributed by atoms with van der Waals surface area (Å²) in [6, 6.07) is 9.04. The van der Waals surface area contributed by atoms with Gasteiger partial charge >= 0.3 is 0 Å². The standard InChI is InChI=1S/C13H15NO2/c1-8(14)5-9-3-2-4-10-6-12(15)13(16)7-11(9)10/h2-4,6-8,15-16H,5,14H2,1H3. The second-order valence-corrected chi connectivity index (χ2v) is 4.16. The molecule has 0 spiro atoms. The first kappa shape index (κ1) is 10.8. The molecule has 0 radical (unpaired) electrons. The molecule has 16 heavy (non-hydrogen) atoms. The van der Waals surface area contributed by atoms with Crippen molar-refractivity contribution in [1.82, 2.24) is 0 Å². The highest BCUT2D eigenvalue weighted by Crippen LogP contribution is 2.32. The quantitative estimate of drug-likeness (QED) is 0.675. The number of aromatic hydroxyl groups is 2. The number of hydrogen-bond donors (Lipinski definition) is 3. The first-order valence-corrected chi connectivity index (χ1v) is 5.27. The van der Waals surface area contributed by atoms with Gasteiger partial charge in [0.1, 0.15) is 0 Å². The number of nitrogens with two attached hydrogens (primary N) is 1. The molecule has 84 valence electrons. The van der Waals surface area contributed by atoms with Gasteiger partial charge in [0.05, 0.1) is 0 Å². The number of phenols is 2. The highest BCUT2D eigenvalue weighted by molar-refractivity contribution is 5.88. The average molecular weight is 217 g/mol. The zero-order valence-electron chi connectivity index (χ0n) is 9.14. The van der Waals surface area contributed by atoms with Gasteiger partial charge in [-0.2, -0.15) is 0 Å². The Balaban J connectivity index is 2.62. The van der Waals surface area contributed by atoms with Gasteiger partial charge < -0.3 is 15.9 Å². The topological polar surface area (TPSA) is 66.5 Å². The summed E-state index contributed by atoms with van der Waals surface area (Å²) < 4.78 is 0. The van der Waals surface area contributed by atoms with Gasteiger partial charge in [-0.05, 0) is 41.8 Å². The number of phenolic OH excluding ortho intramolecular Hbond substituents is 2. The molecule has 2 aromatic rings. The third-order valence-corrected chi connectivity index (χ3v) is 2.61. The molecule has 0 aliphatic carbocycles. The first-order valence-electron chi connectivity index (χ1n) is 5.27. The molecule has 2 aromatic carbocycles. The molecule has 3 heteroatoms. The first-order chi connectivity index (χ1) is 7.58. The molecule has 0 aromatic heterocycles. The Kier molecular flexibility index (Phi) is 2.71. The number of benzene rings is 2. The summed E-state index contributed by atoms with van der Waals surface area (Å²) in [6.07, 6.45) is 0.752. The number of fused-ring (bicyclic) bond motifs is 1. The minimum atomic E-state index is -0.0929. The van der Waals surface area contributed by atoms with E-state index >= 15 is 0 Å². The highest BCUT2D eigenvalue weighted by atomic mass is 16.3. The largest absolute Gasteiger partial charge is 0.504 e. The Hall–Kier alpha value is -1.74. The molecule has 2 rings (SSSR count). The second kappa shape index (κ2) is 4.02. The van der Waals surface area contributed by atoms with Crippen molar-refractivity contribution in [1.29, 1.82) is 0 Å². The maximum Gasteiger partial charge on any atom is 0.158 e. The monoisotopic (exact) mass is 217 g/mol. The molecule has 0 aliphatic rings. The summed E-state index contributed by atoms with van der Waals surface area (Å²) >= 11 is 0. The third kappa shape index (κ3) is 1.95. The van der Waals surface area contributed by atoms with Crippen molar-refractivity contribution >= 4 is 10.8 Å². The van der Waals surface area contributed by atoms with Crippen LogP contribution in [0, 0.1) is 0 Å². The lowest BCUT2D eigenvalue weighted by molar-refractivity contribution is 0.405. The van der Waals surface area contributed by atoms with Crippen molar-refractivity contribution in [2.24, 2.45) is 5.73 Å². The smallest absolute Gasteiger partial charge is 0.158 e. The zero-order valence-corrected chi connectivity index (χ0v) is 9.14. The number of hydrogen-bond acceptors (Lipinski definition) is 3. The Morgan fingerprint density at radius 1 is 1.19 bits per heavy atom. The van der Waals surface area contributed by atoms with Gasteiger partial charge in [-0.1, -0.05) is 18.2 Å². The molecule has 3 nitrogen and oxygen atoms in total. The van der Waals surface area contributed by atoms with Crippen LogP contribution in [-0.4, -0.2) is 16.3 Å². The van der Waals surface area contributed by atoms with E-state index in [0.29, 0.717) is 0 Å². The van der Waals surface area contributed by atoms with E-state index in [0.717, 1.165) is 22.8 Å². The lowest BCUT2D eigenvalue weighted by Gasteiger charge is -2.10. The maximum absolute atomic E-state index is 9.49. The summed E-state index contributed by atoms with van der Waals surface area (Å²) in [5.74, 6) is -0.185. The normalized spacial score (nSPS) is 12.9. The van der Waals surface area contributed by atoms with E-state index in [1.54, 1.807) is 12.1 Å². The van der Waals surface area contributed by atoms with Crippen molar-refractivity contribution in [2.45, 2.75) is 19.4 Å². The predicted octanol–water partition coefficient (Wildman–Crippen LogP) is 2.14. The van der Waals surface area contributed by atoms with Gasteiger partial charge in [0.15, 0.2) is 11.5 Å². The van der Waals surface area contributed by atoms with Crippen LogP contribution in [0.4, 0.5) is 0 Å². The summed E-state index contributed by atoms with van der Waals surface area (Å²) in [5.41, 5.74) is 6.86. The maximum atomic E-state index is 9.49. The Morgan fingerprint density at radius 2 is 1.88 bits per heavy atom. The van der Waals surface area contributed by atoms with E-state index in [1.165, 1.54) is 0 Å². The van der Waals surface area contributed by atoms with Gasteiger partial charge in [0.2, 0.25) is 0 Å². The van der Waals surface area contributed by atoms with Crippen LogP contribution in [0.25, 0.3) is 10.8 Å². The highest BCUT2D eigenvalue weighted by Gasteiger charge is 2.07. The fourth-order valence-electron chi connectivity index (χ4n) is 1.89. The van der Waals surface area contributed by atoms with Crippen LogP contribution in [0.5, 0.6) is 11.5 Å². The molecule has 0 bridgehead atoms.